The zero-order valence-electron chi connectivity index (χ0n) is 12.1. The van der Waals surface area contributed by atoms with Crippen LogP contribution in [0.15, 0.2) is 24.3 Å². The van der Waals surface area contributed by atoms with Gasteiger partial charge < -0.3 is 5.32 Å². The summed E-state index contributed by atoms with van der Waals surface area (Å²) >= 11 is 0. The highest BCUT2D eigenvalue weighted by Crippen LogP contribution is 2.24. The van der Waals surface area contributed by atoms with Crippen molar-refractivity contribution in [1.82, 2.24) is 9.78 Å². The van der Waals surface area contributed by atoms with Gasteiger partial charge in [-0.25, -0.2) is 13.5 Å². The lowest BCUT2D eigenvalue weighted by molar-refractivity contribution is 0.573. The zero-order valence-corrected chi connectivity index (χ0v) is 12.1. The summed E-state index contributed by atoms with van der Waals surface area (Å²) in [5.41, 5.74) is 1.10. The molecule has 0 aliphatic carbocycles. The number of hydrogen-bond acceptors (Lipinski definition) is 2. The van der Waals surface area contributed by atoms with E-state index in [9.17, 15) is 8.78 Å². The van der Waals surface area contributed by atoms with E-state index >= 15 is 0 Å². The van der Waals surface area contributed by atoms with E-state index < -0.39 is 11.6 Å². The molecule has 0 fully saturated rings. The smallest absolute Gasteiger partial charge is 0.151 e. The molecule has 108 valence electrons. The molecule has 2 aromatic rings. The number of anilines is 1. The molecular formula is C15H19F2N3. The third-order valence-corrected chi connectivity index (χ3v) is 2.89. The number of aromatic nitrogens is 2. The summed E-state index contributed by atoms with van der Waals surface area (Å²) in [6.07, 6.45) is 0. The Morgan fingerprint density at radius 3 is 2.35 bits per heavy atom. The Morgan fingerprint density at radius 1 is 1.10 bits per heavy atom. The van der Waals surface area contributed by atoms with Gasteiger partial charge in [0.25, 0.3) is 0 Å². The number of benzene rings is 1. The van der Waals surface area contributed by atoms with Crippen LogP contribution in [-0.4, -0.2) is 15.8 Å². The first-order valence-electron chi connectivity index (χ1n) is 6.70. The fourth-order valence-electron chi connectivity index (χ4n) is 1.92. The van der Waals surface area contributed by atoms with Crippen molar-refractivity contribution in [1.29, 1.82) is 0 Å². The van der Waals surface area contributed by atoms with Gasteiger partial charge in [0.1, 0.15) is 17.3 Å². The van der Waals surface area contributed by atoms with Gasteiger partial charge in [0, 0.05) is 18.2 Å². The van der Waals surface area contributed by atoms with Gasteiger partial charge >= 0.3 is 0 Å². The SMILES string of the molecule is CC(C)Nc1cc(C(C)C)nn1-c1ccc(F)cc1F. The number of hydrogen-bond donors (Lipinski definition) is 1. The second-order valence-corrected chi connectivity index (χ2v) is 5.42. The van der Waals surface area contributed by atoms with Gasteiger partial charge in [0.15, 0.2) is 5.82 Å². The molecule has 1 aromatic carbocycles. The van der Waals surface area contributed by atoms with Crippen LogP contribution in [0.25, 0.3) is 5.69 Å². The van der Waals surface area contributed by atoms with E-state index in [-0.39, 0.29) is 17.6 Å². The highest BCUT2D eigenvalue weighted by Gasteiger charge is 2.15. The molecule has 20 heavy (non-hydrogen) atoms. The fourth-order valence-corrected chi connectivity index (χ4v) is 1.92. The monoisotopic (exact) mass is 279 g/mol. The van der Waals surface area contributed by atoms with Crippen LogP contribution in [0.5, 0.6) is 0 Å². The minimum atomic E-state index is -0.629. The molecule has 0 bridgehead atoms. The largest absolute Gasteiger partial charge is 0.368 e. The summed E-state index contributed by atoms with van der Waals surface area (Å²) in [7, 11) is 0. The molecule has 0 radical (unpaired) electrons. The minimum Gasteiger partial charge on any atom is -0.368 e. The topological polar surface area (TPSA) is 29.9 Å². The number of nitrogens with one attached hydrogen (secondary N) is 1. The van der Waals surface area contributed by atoms with Crippen molar-refractivity contribution in [3.05, 3.63) is 41.6 Å². The van der Waals surface area contributed by atoms with Crippen LogP contribution < -0.4 is 5.32 Å². The van der Waals surface area contributed by atoms with E-state index in [1.165, 1.54) is 16.8 Å². The van der Waals surface area contributed by atoms with Crippen molar-refractivity contribution < 1.29 is 8.78 Å². The first-order chi connectivity index (χ1) is 9.38. The summed E-state index contributed by atoms with van der Waals surface area (Å²) in [6.45, 7) is 8.03. The highest BCUT2D eigenvalue weighted by atomic mass is 19.1. The standard InChI is InChI=1S/C15H19F2N3/c1-9(2)13-8-15(18-10(3)4)20(19-13)14-6-5-11(16)7-12(14)17/h5-10,18H,1-4H3. The van der Waals surface area contributed by atoms with Crippen molar-refractivity contribution in [3.63, 3.8) is 0 Å². The van der Waals surface area contributed by atoms with Crippen molar-refractivity contribution in [2.75, 3.05) is 5.32 Å². The van der Waals surface area contributed by atoms with Crippen LogP contribution in [0.3, 0.4) is 0 Å². The Hall–Kier alpha value is -1.91. The lowest BCUT2D eigenvalue weighted by Gasteiger charge is -2.12. The summed E-state index contributed by atoms with van der Waals surface area (Å²) < 4.78 is 28.4. The van der Waals surface area contributed by atoms with E-state index in [4.69, 9.17) is 0 Å². The lowest BCUT2D eigenvalue weighted by atomic mass is 10.1. The Bertz CT molecular complexity index is 603. The number of halogens is 2. The Kier molecular flexibility index (Phi) is 4.06. The third-order valence-electron chi connectivity index (χ3n) is 2.89. The normalized spacial score (nSPS) is 11.4. The van der Waals surface area contributed by atoms with Gasteiger partial charge in [-0.05, 0) is 31.9 Å². The van der Waals surface area contributed by atoms with Gasteiger partial charge in [-0.3, -0.25) is 0 Å². The molecule has 3 nitrogen and oxygen atoms in total. The maximum atomic E-state index is 13.9. The molecule has 0 saturated heterocycles. The van der Waals surface area contributed by atoms with Gasteiger partial charge in [-0.15, -0.1) is 0 Å². The molecule has 1 aromatic heterocycles. The van der Waals surface area contributed by atoms with E-state index in [1.54, 1.807) is 0 Å². The molecule has 0 amide bonds. The Morgan fingerprint density at radius 2 is 1.80 bits per heavy atom. The molecule has 1 N–H and O–H groups in total. The van der Waals surface area contributed by atoms with Crippen LogP contribution >= 0.6 is 0 Å². The quantitative estimate of drug-likeness (QED) is 0.913. The van der Waals surface area contributed by atoms with E-state index in [1.807, 2.05) is 33.8 Å². The molecule has 0 atom stereocenters. The van der Waals surface area contributed by atoms with Crippen molar-refractivity contribution >= 4 is 5.82 Å². The molecular weight excluding hydrogens is 260 g/mol. The minimum absolute atomic E-state index is 0.189. The van der Waals surface area contributed by atoms with E-state index in [0.29, 0.717) is 5.82 Å². The van der Waals surface area contributed by atoms with E-state index in [0.717, 1.165) is 11.8 Å². The average Bonchev–Trinajstić information content (AvgIpc) is 2.72. The van der Waals surface area contributed by atoms with Crippen LogP contribution in [-0.2, 0) is 0 Å². The Labute approximate surface area is 117 Å². The molecule has 0 saturated carbocycles. The molecule has 0 unspecified atom stereocenters. The second kappa shape index (κ2) is 5.61. The summed E-state index contributed by atoms with van der Waals surface area (Å²) in [5.74, 6) is -0.294. The predicted octanol–water partition coefficient (Wildman–Crippen LogP) is 4.09. The van der Waals surface area contributed by atoms with E-state index in [2.05, 4.69) is 10.4 Å². The maximum absolute atomic E-state index is 13.9. The maximum Gasteiger partial charge on any atom is 0.151 e. The molecule has 0 spiro atoms. The predicted molar refractivity (Wildman–Crippen MR) is 76.3 cm³/mol. The number of rotatable bonds is 4. The molecule has 2 rings (SSSR count). The van der Waals surface area contributed by atoms with Gasteiger partial charge in [0.05, 0.1) is 5.69 Å². The van der Waals surface area contributed by atoms with Gasteiger partial charge in [-0.1, -0.05) is 13.8 Å². The molecule has 0 aliphatic rings. The van der Waals surface area contributed by atoms with Crippen LogP contribution in [0.2, 0.25) is 0 Å². The van der Waals surface area contributed by atoms with Gasteiger partial charge in [-0.2, -0.15) is 5.10 Å². The van der Waals surface area contributed by atoms with Crippen LogP contribution in [0, 0.1) is 11.6 Å². The van der Waals surface area contributed by atoms with Crippen molar-refractivity contribution in [2.24, 2.45) is 0 Å². The first kappa shape index (κ1) is 14.5. The molecule has 1 heterocycles. The summed E-state index contributed by atoms with van der Waals surface area (Å²) in [4.78, 5) is 0. The van der Waals surface area contributed by atoms with Crippen molar-refractivity contribution in [2.45, 2.75) is 39.7 Å². The Balaban J connectivity index is 2.53. The average molecular weight is 279 g/mol. The second-order valence-electron chi connectivity index (χ2n) is 5.42. The zero-order chi connectivity index (χ0) is 14.9. The van der Waals surface area contributed by atoms with Crippen LogP contribution in [0.4, 0.5) is 14.6 Å². The highest BCUT2D eigenvalue weighted by molar-refractivity contribution is 5.47. The van der Waals surface area contributed by atoms with Crippen molar-refractivity contribution in [3.8, 4) is 5.69 Å². The number of nitrogens with zero attached hydrogens (tertiary/aromatic N) is 2. The molecule has 0 aliphatic heterocycles. The summed E-state index contributed by atoms with van der Waals surface area (Å²) in [6, 6.07) is 5.58. The first-order valence-corrected chi connectivity index (χ1v) is 6.70. The summed E-state index contributed by atoms with van der Waals surface area (Å²) in [5, 5.41) is 7.64. The lowest BCUT2D eigenvalue weighted by Crippen LogP contribution is -2.14. The fraction of sp³-hybridized carbons (Fsp3) is 0.400. The molecule has 5 heteroatoms. The third kappa shape index (κ3) is 2.98. The van der Waals surface area contributed by atoms with Gasteiger partial charge in [0.2, 0.25) is 0 Å². The van der Waals surface area contributed by atoms with Crippen LogP contribution in [0.1, 0.15) is 39.3 Å².